The van der Waals surface area contributed by atoms with Crippen LogP contribution in [0.3, 0.4) is 0 Å². The fourth-order valence-electron chi connectivity index (χ4n) is 2.94. The lowest BCUT2D eigenvalue weighted by Crippen LogP contribution is -2.43. The van der Waals surface area contributed by atoms with Crippen molar-refractivity contribution in [1.82, 2.24) is 5.32 Å². The second kappa shape index (κ2) is 8.14. The SMILES string of the molecule is CC(O[C@H]1OCCN[C@H]1c1ccc(F)cc1)c1cc(Cl)cc(C(F)(F)F)c1. The van der Waals surface area contributed by atoms with Crippen molar-refractivity contribution >= 4 is 11.6 Å². The van der Waals surface area contributed by atoms with Crippen molar-refractivity contribution in [2.45, 2.75) is 31.5 Å². The van der Waals surface area contributed by atoms with E-state index in [1.807, 2.05) is 0 Å². The van der Waals surface area contributed by atoms with Gasteiger partial charge in [0.1, 0.15) is 5.82 Å². The minimum atomic E-state index is -4.50. The Bertz CT molecular complexity index is 782. The van der Waals surface area contributed by atoms with Crippen LogP contribution in [-0.4, -0.2) is 19.4 Å². The molecule has 3 atom stereocenters. The molecule has 146 valence electrons. The Hall–Kier alpha value is -1.67. The number of benzene rings is 2. The number of hydrogen-bond donors (Lipinski definition) is 1. The quantitative estimate of drug-likeness (QED) is 0.706. The molecule has 3 rings (SSSR count). The second-order valence-corrected chi connectivity index (χ2v) is 6.71. The lowest BCUT2D eigenvalue weighted by Gasteiger charge is -2.34. The van der Waals surface area contributed by atoms with E-state index in [0.29, 0.717) is 18.7 Å². The van der Waals surface area contributed by atoms with Crippen LogP contribution in [0.5, 0.6) is 0 Å². The van der Waals surface area contributed by atoms with Crippen LogP contribution in [0.4, 0.5) is 17.6 Å². The van der Waals surface area contributed by atoms with Crippen molar-refractivity contribution in [3.05, 3.63) is 70.0 Å². The van der Waals surface area contributed by atoms with E-state index in [4.69, 9.17) is 21.1 Å². The first-order valence-electron chi connectivity index (χ1n) is 8.37. The normalized spacial score (nSPS) is 21.9. The van der Waals surface area contributed by atoms with Gasteiger partial charge in [-0.05, 0) is 48.4 Å². The minimum absolute atomic E-state index is 0.0203. The topological polar surface area (TPSA) is 30.5 Å². The van der Waals surface area contributed by atoms with Gasteiger partial charge in [0.05, 0.1) is 24.3 Å². The molecule has 1 N–H and O–H groups in total. The van der Waals surface area contributed by atoms with Crippen molar-refractivity contribution in [1.29, 1.82) is 0 Å². The summed E-state index contributed by atoms with van der Waals surface area (Å²) in [5, 5.41) is 3.21. The average molecular weight is 404 g/mol. The Morgan fingerprint density at radius 1 is 1.19 bits per heavy atom. The van der Waals surface area contributed by atoms with Gasteiger partial charge in [-0.3, -0.25) is 0 Å². The van der Waals surface area contributed by atoms with Crippen molar-refractivity contribution < 1.29 is 27.0 Å². The van der Waals surface area contributed by atoms with Gasteiger partial charge in [0.15, 0.2) is 6.29 Å². The van der Waals surface area contributed by atoms with Gasteiger partial charge >= 0.3 is 6.18 Å². The van der Waals surface area contributed by atoms with Crippen LogP contribution in [0, 0.1) is 5.82 Å². The number of hydrogen-bond acceptors (Lipinski definition) is 3. The Kier molecular flexibility index (Phi) is 6.05. The molecule has 1 fully saturated rings. The summed E-state index contributed by atoms with van der Waals surface area (Å²) in [6.45, 7) is 2.59. The van der Waals surface area contributed by atoms with E-state index in [0.717, 1.165) is 17.7 Å². The molecule has 1 aliphatic heterocycles. The molecule has 1 heterocycles. The predicted octanol–water partition coefficient (Wildman–Crippen LogP) is 5.26. The molecule has 0 spiro atoms. The predicted molar refractivity (Wildman–Crippen MR) is 92.8 cm³/mol. The first kappa shape index (κ1) is 20.1. The Morgan fingerprint density at radius 3 is 2.56 bits per heavy atom. The lowest BCUT2D eigenvalue weighted by molar-refractivity contribution is -0.200. The summed E-state index contributed by atoms with van der Waals surface area (Å²) >= 11 is 5.85. The largest absolute Gasteiger partial charge is 0.416 e. The zero-order valence-electron chi connectivity index (χ0n) is 14.4. The Balaban J connectivity index is 1.80. The highest BCUT2D eigenvalue weighted by atomic mass is 35.5. The molecular weight excluding hydrogens is 386 g/mol. The average Bonchev–Trinajstić information content (AvgIpc) is 2.62. The third-order valence-electron chi connectivity index (χ3n) is 4.30. The molecule has 2 aromatic carbocycles. The number of ether oxygens (including phenoxy) is 2. The fourth-order valence-corrected chi connectivity index (χ4v) is 3.18. The van der Waals surface area contributed by atoms with Crippen molar-refractivity contribution in [3.8, 4) is 0 Å². The van der Waals surface area contributed by atoms with Gasteiger partial charge in [-0.15, -0.1) is 0 Å². The maximum Gasteiger partial charge on any atom is 0.416 e. The zero-order valence-corrected chi connectivity index (χ0v) is 15.1. The number of nitrogens with one attached hydrogen (secondary N) is 1. The first-order chi connectivity index (χ1) is 12.7. The molecule has 2 aromatic rings. The Morgan fingerprint density at radius 2 is 1.89 bits per heavy atom. The smallest absolute Gasteiger partial charge is 0.349 e. The summed E-state index contributed by atoms with van der Waals surface area (Å²) in [6.07, 6.45) is -5.94. The van der Waals surface area contributed by atoms with Gasteiger partial charge < -0.3 is 14.8 Å². The molecule has 0 aliphatic carbocycles. The van der Waals surface area contributed by atoms with Crippen LogP contribution < -0.4 is 5.32 Å². The van der Waals surface area contributed by atoms with E-state index < -0.39 is 24.1 Å². The minimum Gasteiger partial charge on any atom is -0.349 e. The molecule has 1 aliphatic rings. The van der Waals surface area contributed by atoms with E-state index >= 15 is 0 Å². The van der Waals surface area contributed by atoms with Crippen LogP contribution >= 0.6 is 11.6 Å². The maximum absolute atomic E-state index is 13.2. The molecule has 0 saturated carbocycles. The molecule has 0 aromatic heterocycles. The lowest BCUT2D eigenvalue weighted by atomic mass is 10.0. The van der Waals surface area contributed by atoms with E-state index in [9.17, 15) is 17.6 Å². The maximum atomic E-state index is 13.2. The first-order valence-corrected chi connectivity index (χ1v) is 8.75. The van der Waals surface area contributed by atoms with E-state index in [1.54, 1.807) is 19.1 Å². The highest BCUT2D eigenvalue weighted by molar-refractivity contribution is 6.30. The molecule has 27 heavy (non-hydrogen) atoms. The fraction of sp³-hybridized carbons (Fsp3) is 0.368. The Labute approximate surface area is 159 Å². The number of rotatable bonds is 4. The molecule has 8 heteroatoms. The van der Waals surface area contributed by atoms with Gasteiger partial charge in [-0.1, -0.05) is 23.7 Å². The van der Waals surface area contributed by atoms with Crippen molar-refractivity contribution in [2.75, 3.05) is 13.2 Å². The molecule has 1 unspecified atom stereocenters. The standard InChI is InChI=1S/C19H18ClF4NO2/c1-11(13-8-14(19(22,23)24)10-15(20)9-13)27-18-17(25-6-7-26-18)12-2-4-16(21)5-3-12/h2-5,8-11,17-18,25H,6-7H2,1H3/t11?,17-,18+/m0/s1. The summed E-state index contributed by atoms with van der Waals surface area (Å²) in [5.74, 6) is -0.361. The van der Waals surface area contributed by atoms with E-state index in [1.165, 1.54) is 18.2 Å². The van der Waals surface area contributed by atoms with Crippen LogP contribution in [0.25, 0.3) is 0 Å². The highest BCUT2D eigenvalue weighted by Gasteiger charge is 2.33. The summed E-state index contributed by atoms with van der Waals surface area (Å²) in [4.78, 5) is 0. The summed E-state index contributed by atoms with van der Waals surface area (Å²) in [7, 11) is 0. The summed E-state index contributed by atoms with van der Waals surface area (Å²) < 4.78 is 63.8. The van der Waals surface area contributed by atoms with Crippen LogP contribution in [-0.2, 0) is 15.7 Å². The third kappa shape index (κ3) is 4.99. The van der Waals surface area contributed by atoms with E-state index in [-0.39, 0.29) is 16.9 Å². The molecule has 3 nitrogen and oxygen atoms in total. The van der Waals surface area contributed by atoms with Crippen LogP contribution in [0.1, 0.15) is 35.8 Å². The van der Waals surface area contributed by atoms with Gasteiger partial charge in [0.25, 0.3) is 0 Å². The molecule has 0 bridgehead atoms. The van der Waals surface area contributed by atoms with Crippen molar-refractivity contribution in [3.63, 3.8) is 0 Å². The summed E-state index contributed by atoms with van der Waals surface area (Å²) in [6, 6.07) is 8.84. The van der Waals surface area contributed by atoms with Gasteiger partial charge in [0.2, 0.25) is 0 Å². The summed E-state index contributed by atoms with van der Waals surface area (Å²) in [5.41, 5.74) is 0.218. The number of alkyl halides is 3. The zero-order chi connectivity index (χ0) is 19.6. The highest BCUT2D eigenvalue weighted by Crippen LogP contribution is 2.35. The van der Waals surface area contributed by atoms with Crippen molar-refractivity contribution in [2.24, 2.45) is 0 Å². The second-order valence-electron chi connectivity index (χ2n) is 6.27. The molecular formula is C19H18ClF4NO2. The molecule has 1 saturated heterocycles. The molecule has 0 amide bonds. The molecule has 0 radical (unpaired) electrons. The van der Waals surface area contributed by atoms with Gasteiger partial charge in [-0.25, -0.2) is 4.39 Å². The third-order valence-corrected chi connectivity index (χ3v) is 4.52. The number of morpholine rings is 1. The van der Waals surface area contributed by atoms with Gasteiger partial charge in [-0.2, -0.15) is 13.2 Å². The van der Waals surface area contributed by atoms with Crippen LogP contribution in [0.15, 0.2) is 42.5 Å². The number of halogens is 5. The van der Waals surface area contributed by atoms with Crippen LogP contribution in [0.2, 0.25) is 5.02 Å². The monoisotopic (exact) mass is 403 g/mol. The van der Waals surface area contributed by atoms with E-state index in [2.05, 4.69) is 5.32 Å². The van der Waals surface area contributed by atoms with Gasteiger partial charge in [0, 0.05) is 11.6 Å².